The van der Waals surface area contributed by atoms with Crippen molar-refractivity contribution in [2.45, 2.75) is 71.3 Å². The summed E-state index contributed by atoms with van der Waals surface area (Å²) < 4.78 is 17.2. The van der Waals surface area contributed by atoms with E-state index in [2.05, 4.69) is 13.8 Å². The first-order chi connectivity index (χ1) is 12.7. The minimum atomic E-state index is -0.861. The summed E-state index contributed by atoms with van der Waals surface area (Å²) in [5.41, 5.74) is -0.330. The van der Waals surface area contributed by atoms with Crippen molar-refractivity contribution >= 4 is 16.8 Å². The fourth-order valence-electron chi connectivity index (χ4n) is 8.45. The molecule has 0 aromatic rings. The molecule has 5 rings (SSSR count). The second-order valence-corrected chi connectivity index (χ2v) is 12.0. The Kier molecular flexibility index (Phi) is 4.82. The van der Waals surface area contributed by atoms with Crippen molar-refractivity contribution < 1.29 is 18.8 Å². The number of esters is 1. The molecule has 0 aliphatic heterocycles. The van der Waals surface area contributed by atoms with Gasteiger partial charge in [-0.3, -0.25) is 9.00 Å². The zero-order chi connectivity index (χ0) is 19.6. The Morgan fingerprint density at radius 3 is 2.52 bits per heavy atom. The predicted molar refractivity (Wildman–Crippen MR) is 106 cm³/mol. The highest BCUT2D eigenvalue weighted by molar-refractivity contribution is 7.84. The number of aliphatic hydroxyl groups excluding tert-OH is 1. The molecule has 0 saturated heterocycles. The van der Waals surface area contributed by atoms with Gasteiger partial charge < -0.3 is 9.84 Å². The van der Waals surface area contributed by atoms with Gasteiger partial charge in [0, 0.05) is 22.8 Å². The summed E-state index contributed by atoms with van der Waals surface area (Å²) in [5.74, 6) is 2.08. The fraction of sp³-hybridized carbons (Fsp3) is 0.955. The van der Waals surface area contributed by atoms with Gasteiger partial charge in [-0.05, 0) is 86.4 Å². The van der Waals surface area contributed by atoms with E-state index in [0.717, 1.165) is 44.9 Å². The summed E-state index contributed by atoms with van der Waals surface area (Å²) in [6, 6.07) is 0. The lowest BCUT2D eigenvalue weighted by atomic mass is 9.35. The summed E-state index contributed by atoms with van der Waals surface area (Å²) in [6.45, 7) is 4.53. The molecule has 27 heavy (non-hydrogen) atoms. The standard InChI is InChI=1S/C22H36O4S/c1-20-8-5-9-21(2,19(24)26-3)16(20)7-11-22-10-6-14(12-17(20)22)15(18(22)23)13-27(4)25/h14-18,23H,5-13H2,1-4H3/t14-,15-,16-,17-,18+,20+,21-,22-,27?/m0/s1. The number of carbonyl (C=O) groups is 1. The minimum absolute atomic E-state index is 0.0294. The molecule has 154 valence electrons. The van der Waals surface area contributed by atoms with E-state index in [4.69, 9.17) is 4.74 Å². The molecule has 0 amide bonds. The number of hydrogen-bond donors (Lipinski definition) is 1. The molecule has 0 aromatic heterocycles. The average molecular weight is 397 g/mol. The van der Waals surface area contributed by atoms with E-state index in [0.29, 0.717) is 23.5 Å². The Morgan fingerprint density at radius 1 is 1.15 bits per heavy atom. The Hall–Kier alpha value is -0.420. The van der Waals surface area contributed by atoms with Crippen LogP contribution in [0.15, 0.2) is 0 Å². The lowest BCUT2D eigenvalue weighted by Gasteiger charge is -2.70. The normalized spacial score (nSPS) is 52.6. The van der Waals surface area contributed by atoms with E-state index in [1.165, 1.54) is 13.5 Å². The first-order valence-corrected chi connectivity index (χ1v) is 12.5. The average Bonchev–Trinajstić information content (AvgIpc) is 2.63. The van der Waals surface area contributed by atoms with Crippen LogP contribution in [-0.4, -0.2) is 40.5 Å². The number of hydrogen-bond acceptors (Lipinski definition) is 4. The van der Waals surface area contributed by atoms with Gasteiger partial charge in [0.15, 0.2) is 0 Å². The highest BCUT2D eigenvalue weighted by Gasteiger charge is 2.68. The first kappa shape index (κ1) is 19.9. The summed E-state index contributed by atoms with van der Waals surface area (Å²) in [5, 5.41) is 11.5. The molecule has 0 heterocycles. The van der Waals surface area contributed by atoms with Crippen LogP contribution in [0.3, 0.4) is 0 Å². The van der Waals surface area contributed by atoms with Gasteiger partial charge >= 0.3 is 5.97 Å². The molecular weight excluding hydrogens is 360 g/mol. The summed E-state index contributed by atoms with van der Waals surface area (Å²) in [6.07, 6.45) is 10.0. The third-order valence-corrected chi connectivity index (χ3v) is 10.4. The predicted octanol–water partition coefficient (Wildman–Crippen LogP) is 3.54. The molecule has 5 saturated carbocycles. The van der Waals surface area contributed by atoms with Crippen molar-refractivity contribution in [3.05, 3.63) is 0 Å². The second-order valence-electron chi connectivity index (χ2n) is 10.5. The lowest BCUT2D eigenvalue weighted by Crippen LogP contribution is -2.67. The third-order valence-electron chi connectivity index (χ3n) is 9.56. The number of rotatable bonds is 3. The van der Waals surface area contributed by atoms with E-state index >= 15 is 0 Å². The smallest absolute Gasteiger partial charge is 0.311 e. The van der Waals surface area contributed by atoms with E-state index in [9.17, 15) is 14.1 Å². The van der Waals surface area contributed by atoms with E-state index in [-0.39, 0.29) is 28.8 Å². The molecule has 1 N–H and O–H groups in total. The Morgan fingerprint density at radius 2 is 1.85 bits per heavy atom. The number of carbonyl (C=O) groups excluding carboxylic acids is 1. The van der Waals surface area contributed by atoms with Gasteiger partial charge in [0.2, 0.25) is 0 Å². The monoisotopic (exact) mass is 396 g/mol. The maximum Gasteiger partial charge on any atom is 0.311 e. The van der Waals surface area contributed by atoms with E-state index < -0.39 is 16.2 Å². The van der Waals surface area contributed by atoms with E-state index in [1.807, 2.05) is 0 Å². The highest BCUT2D eigenvalue weighted by atomic mass is 32.2. The van der Waals surface area contributed by atoms with Crippen LogP contribution in [0.5, 0.6) is 0 Å². The van der Waals surface area contributed by atoms with Crippen molar-refractivity contribution in [1.82, 2.24) is 0 Å². The second kappa shape index (κ2) is 6.55. The minimum Gasteiger partial charge on any atom is -0.469 e. The van der Waals surface area contributed by atoms with Crippen LogP contribution >= 0.6 is 0 Å². The van der Waals surface area contributed by atoms with Gasteiger partial charge in [-0.25, -0.2) is 0 Å². The van der Waals surface area contributed by atoms with Crippen molar-refractivity contribution in [3.8, 4) is 0 Å². The summed E-state index contributed by atoms with van der Waals surface area (Å²) >= 11 is 0. The van der Waals surface area contributed by atoms with Crippen molar-refractivity contribution in [2.75, 3.05) is 19.1 Å². The molecule has 5 aliphatic rings. The van der Waals surface area contributed by atoms with Crippen molar-refractivity contribution in [3.63, 3.8) is 0 Å². The Balaban J connectivity index is 1.70. The molecular formula is C22H36O4S. The van der Waals surface area contributed by atoms with Crippen LogP contribution in [-0.2, 0) is 20.3 Å². The largest absolute Gasteiger partial charge is 0.469 e. The van der Waals surface area contributed by atoms with Crippen LogP contribution in [0.25, 0.3) is 0 Å². The zero-order valence-corrected chi connectivity index (χ0v) is 18.1. The number of methoxy groups -OCH3 is 1. The molecule has 5 fully saturated rings. The van der Waals surface area contributed by atoms with Crippen LogP contribution in [0.2, 0.25) is 0 Å². The third kappa shape index (κ3) is 2.63. The van der Waals surface area contributed by atoms with E-state index in [1.54, 1.807) is 6.26 Å². The molecule has 9 atom stereocenters. The quantitative estimate of drug-likeness (QED) is 0.741. The van der Waals surface area contributed by atoms with Crippen molar-refractivity contribution in [2.24, 2.45) is 39.9 Å². The molecule has 5 heteroatoms. The maximum absolute atomic E-state index is 12.7. The molecule has 4 nitrogen and oxygen atoms in total. The molecule has 5 aliphatic carbocycles. The SMILES string of the molecule is COC(=O)[C@@]1(C)CCC[C@@]2(C)[C@@H]3C[C@@H]4CC[C@@]3(CC[C@@H]21)[C@H](O)[C@H]4CS(C)=O. The molecule has 0 aromatic carbocycles. The Bertz CT molecular complexity index is 650. The van der Waals surface area contributed by atoms with Crippen molar-refractivity contribution in [1.29, 1.82) is 0 Å². The van der Waals surface area contributed by atoms with Crippen LogP contribution in [0.4, 0.5) is 0 Å². The topological polar surface area (TPSA) is 63.6 Å². The van der Waals surface area contributed by atoms with Crippen LogP contribution in [0, 0.1) is 39.9 Å². The summed E-state index contributed by atoms with van der Waals surface area (Å²) in [4.78, 5) is 12.7. The lowest BCUT2D eigenvalue weighted by molar-refractivity contribution is -0.242. The van der Waals surface area contributed by atoms with Crippen LogP contribution < -0.4 is 0 Å². The van der Waals surface area contributed by atoms with Gasteiger partial charge in [-0.15, -0.1) is 0 Å². The highest BCUT2D eigenvalue weighted by Crippen LogP contribution is 2.72. The van der Waals surface area contributed by atoms with Gasteiger partial charge in [0.1, 0.15) is 0 Å². The summed E-state index contributed by atoms with van der Waals surface area (Å²) in [7, 11) is 0.659. The van der Waals surface area contributed by atoms with Gasteiger partial charge in [-0.1, -0.05) is 13.3 Å². The molecule has 0 radical (unpaired) electrons. The zero-order valence-electron chi connectivity index (χ0n) is 17.3. The molecule has 1 spiro atoms. The van der Waals surface area contributed by atoms with Gasteiger partial charge in [0.25, 0.3) is 0 Å². The molecule has 2 bridgehead atoms. The number of fused-ring (bicyclic) bond motifs is 3. The van der Waals surface area contributed by atoms with Crippen LogP contribution in [0.1, 0.15) is 65.2 Å². The first-order valence-electron chi connectivity index (χ1n) is 10.8. The fourth-order valence-corrected chi connectivity index (χ4v) is 9.45. The van der Waals surface area contributed by atoms with Gasteiger partial charge in [0.05, 0.1) is 18.6 Å². The number of ether oxygens (including phenoxy) is 1. The molecule has 1 unspecified atom stereocenters. The number of aliphatic hydroxyl groups is 1. The van der Waals surface area contributed by atoms with Gasteiger partial charge in [-0.2, -0.15) is 0 Å². The maximum atomic E-state index is 12.7. The Labute approximate surface area is 166 Å².